The van der Waals surface area contributed by atoms with Gasteiger partial charge in [-0.3, -0.25) is 4.79 Å². The predicted octanol–water partition coefficient (Wildman–Crippen LogP) is 4.48. The van der Waals surface area contributed by atoms with Crippen LogP contribution >= 0.6 is 0 Å². The number of ether oxygens (including phenoxy) is 3. The van der Waals surface area contributed by atoms with Crippen LogP contribution in [0.15, 0.2) is 48.5 Å². The molecule has 0 saturated carbocycles. The first kappa shape index (κ1) is 20.2. The Morgan fingerprint density at radius 1 is 1.14 bits per heavy atom. The minimum atomic E-state index is -0.118. The summed E-state index contributed by atoms with van der Waals surface area (Å²) < 4.78 is 17.3. The summed E-state index contributed by atoms with van der Waals surface area (Å²) in [6.07, 6.45) is 1.90. The molecule has 2 atom stereocenters. The number of carbonyl (C=O) groups is 1. The van der Waals surface area contributed by atoms with Crippen LogP contribution in [0.1, 0.15) is 48.7 Å². The summed E-state index contributed by atoms with van der Waals surface area (Å²) in [5, 5.41) is 0. The van der Waals surface area contributed by atoms with Crippen LogP contribution in [-0.2, 0) is 4.74 Å². The summed E-state index contributed by atoms with van der Waals surface area (Å²) >= 11 is 0. The fraction of sp³-hybridized carbons (Fsp3) is 0.435. The highest BCUT2D eigenvalue weighted by molar-refractivity contribution is 5.95. The molecule has 150 valence electrons. The van der Waals surface area contributed by atoms with Crippen LogP contribution in [0.25, 0.3) is 0 Å². The summed E-state index contributed by atoms with van der Waals surface area (Å²) in [5.41, 5.74) is 1.68. The van der Waals surface area contributed by atoms with Crippen molar-refractivity contribution < 1.29 is 19.0 Å². The predicted molar refractivity (Wildman–Crippen MR) is 109 cm³/mol. The molecule has 0 N–H and O–H groups in total. The molecule has 1 heterocycles. The molecule has 28 heavy (non-hydrogen) atoms. The molecule has 3 rings (SSSR count). The summed E-state index contributed by atoms with van der Waals surface area (Å²) in [4.78, 5) is 15.0. The van der Waals surface area contributed by atoms with Crippen molar-refractivity contribution in [2.45, 2.75) is 38.9 Å². The van der Waals surface area contributed by atoms with Crippen molar-refractivity contribution in [1.82, 2.24) is 4.90 Å². The van der Waals surface area contributed by atoms with E-state index in [1.54, 1.807) is 13.2 Å². The van der Waals surface area contributed by atoms with Crippen LogP contribution in [0.4, 0.5) is 0 Å². The van der Waals surface area contributed by atoms with Crippen LogP contribution < -0.4 is 9.47 Å². The Labute approximate surface area is 167 Å². The molecule has 1 aliphatic heterocycles. The van der Waals surface area contributed by atoms with Crippen molar-refractivity contribution >= 4 is 5.91 Å². The number of rotatable bonds is 7. The van der Waals surface area contributed by atoms with E-state index in [9.17, 15) is 4.79 Å². The summed E-state index contributed by atoms with van der Waals surface area (Å²) in [6.45, 7) is 5.86. The molecule has 5 heteroatoms. The fourth-order valence-corrected chi connectivity index (χ4v) is 3.40. The van der Waals surface area contributed by atoms with Gasteiger partial charge in [0.25, 0.3) is 5.91 Å². The zero-order chi connectivity index (χ0) is 19.9. The number of nitrogens with zero attached hydrogens (tertiary/aromatic N) is 1. The average molecular weight is 383 g/mol. The molecule has 2 aromatic carbocycles. The van der Waals surface area contributed by atoms with E-state index in [1.165, 1.54) is 0 Å². The third-order valence-electron chi connectivity index (χ3n) is 4.88. The number of methoxy groups -OCH3 is 1. The Balaban J connectivity index is 1.75. The first-order valence-electron chi connectivity index (χ1n) is 9.93. The topological polar surface area (TPSA) is 48.0 Å². The van der Waals surface area contributed by atoms with Gasteiger partial charge in [0.2, 0.25) is 0 Å². The molecule has 1 aliphatic rings. The second kappa shape index (κ2) is 9.60. The summed E-state index contributed by atoms with van der Waals surface area (Å²) in [6, 6.07) is 15.4. The van der Waals surface area contributed by atoms with Gasteiger partial charge in [-0.1, -0.05) is 43.7 Å². The molecular formula is C23H29NO4. The number of benzene rings is 2. The van der Waals surface area contributed by atoms with Gasteiger partial charge in [0, 0.05) is 12.1 Å². The van der Waals surface area contributed by atoms with E-state index < -0.39 is 0 Å². The van der Waals surface area contributed by atoms with Gasteiger partial charge in [-0.05, 0) is 37.1 Å². The first-order valence-corrected chi connectivity index (χ1v) is 9.93. The molecule has 0 aliphatic carbocycles. The highest BCUT2D eigenvalue weighted by atomic mass is 16.5. The normalized spacial score (nSPS) is 19.3. The lowest BCUT2D eigenvalue weighted by Gasteiger charge is -2.37. The second-order valence-corrected chi connectivity index (χ2v) is 7.12. The highest BCUT2D eigenvalue weighted by Gasteiger charge is 2.30. The average Bonchev–Trinajstić information content (AvgIpc) is 2.73. The first-order chi connectivity index (χ1) is 13.6. The van der Waals surface area contributed by atoms with Crippen molar-refractivity contribution in [2.75, 3.05) is 26.8 Å². The van der Waals surface area contributed by atoms with E-state index >= 15 is 0 Å². The van der Waals surface area contributed by atoms with E-state index in [0.717, 1.165) is 18.4 Å². The number of unbranched alkanes of at least 4 members (excludes halogenated alkanes) is 1. The van der Waals surface area contributed by atoms with E-state index in [1.807, 2.05) is 54.3 Å². The largest absolute Gasteiger partial charge is 0.493 e. The maximum Gasteiger partial charge on any atom is 0.254 e. The van der Waals surface area contributed by atoms with Gasteiger partial charge >= 0.3 is 0 Å². The zero-order valence-corrected chi connectivity index (χ0v) is 16.9. The van der Waals surface area contributed by atoms with Crippen LogP contribution in [-0.4, -0.2) is 43.7 Å². The van der Waals surface area contributed by atoms with Gasteiger partial charge in [-0.15, -0.1) is 0 Å². The number of amides is 1. The molecule has 5 nitrogen and oxygen atoms in total. The minimum absolute atomic E-state index is 0.0190. The van der Waals surface area contributed by atoms with Crippen molar-refractivity contribution in [1.29, 1.82) is 0 Å². The third kappa shape index (κ3) is 4.84. The van der Waals surface area contributed by atoms with Gasteiger partial charge in [-0.25, -0.2) is 0 Å². The van der Waals surface area contributed by atoms with Crippen LogP contribution in [0.2, 0.25) is 0 Å². The maximum absolute atomic E-state index is 13.1. The Hall–Kier alpha value is -2.53. The van der Waals surface area contributed by atoms with Gasteiger partial charge in [-0.2, -0.15) is 0 Å². The van der Waals surface area contributed by atoms with Crippen molar-refractivity contribution in [3.63, 3.8) is 0 Å². The van der Waals surface area contributed by atoms with Crippen molar-refractivity contribution in [2.24, 2.45) is 0 Å². The number of hydrogen-bond acceptors (Lipinski definition) is 4. The van der Waals surface area contributed by atoms with Crippen molar-refractivity contribution in [3.8, 4) is 11.5 Å². The molecule has 2 unspecified atom stereocenters. The number of carbonyl (C=O) groups excluding carboxylic acids is 1. The van der Waals surface area contributed by atoms with Gasteiger partial charge in [0.05, 0.1) is 26.4 Å². The molecule has 0 spiro atoms. The molecule has 0 radical (unpaired) electrons. The van der Waals surface area contributed by atoms with Gasteiger partial charge in [0.15, 0.2) is 11.5 Å². The van der Waals surface area contributed by atoms with Crippen molar-refractivity contribution in [3.05, 3.63) is 59.7 Å². The second-order valence-electron chi connectivity index (χ2n) is 7.12. The summed E-state index contributed by atoms with van der Waals surface area (Å²) in [7, 11) is 1.60. The Morgan fingerprint density at radius 3 is 2.64 bits per heavy atom. The number of morpholine rings is 1. The lowest BCUT2D eigenvalue weighted by molar-refractivity contribution is -0.0691. The lowest BCUT2D eigenvalue weighted by atomic mass is 10.1. The lowest BCUT2D eigenvalue weighted by Crippen LogP contribution is -2.45. The standard InChI is InChI=1S/C23H29NO4/c1-4-5-13-27-20-12-11-19(14-21(20)26-3)23(25)24-15-17(2)28-22(16-24)18-9-7-6-8-10-18/h6-12,14,17,22H,4-5,13,15-16H2,1-3H3. The quantitative estimate of drug-likeness (QED) is 0.662. The molecule has 0 bridgehead atoms. The third-order valence-corrected chi connectivity index (χ3v) is 4.88. The van der Waals surface area contributed by atoms with Crippen LogP contribution in [0, 0.1) is 0 Å². The van der Waals surface area contributed by atoms with Gasteiger partial charge < -0.3 is 19.1 Å². The Morgan fingerprint density at radius 2 is 1.93 bits per heavy atom. The molecule has 1 amide bonds. The molecule has 2 aromatic rings. The highest BCUT2D eigenvalue weighted by Crippen LogP contribution is 2.30. The van der Waals surface area contributed by atoms with E-state index in [4.69, 9.17) is 14.2 Å². The molecule has 1 fully saturated rings. The monoisotopic (exact) mass is 383 g/mol. The Kier molecular flexibility index (Phi) is 6.93. The van der Waals surface area contributed by atoms with E-state index in [2.05, 4.69) is 6.92 Å². The van der Waals surface area contributed by atoms with Crippen LogP contribution in [0.3, 0.4) is 0 Å². The van der Waals surface area contributed by atoms with Gasteiger partial charge in [0.1, 0.15) is 6.10 Å². The van der Waals surface area contributed by atoms with E-state index in [-0.39, 0.29) is 18.1 Å². The molecular weight excluding hydrogens is 354 g/mol. The fourth-order valence-electron chi connectivity index (χ4n) is 3.40. The SMILES string of the molecule is CCCCOc1ccc(C(=O)N2CC(C)OC(c3ccccc3)C2)cc1OC. The van der Waals surface area contributed by atoms with Crippen LogP contribution in [0.5, 0.6) is 11.5 Å². The number of hydrogen-bond donors (Lipinski definition) is 0. The molecule has 1 saturated heterocycles. The smallest absolute Gasteiger partial charge is 0.254 e. The van der Waals surface area contributed by atoms with E-state index in [0.29, 0.717) is 36.8 Å². The molecule has 0 aromatic heterocycles. The zero-order valence-electron chi connectivity index (χ0n) is 16.9. The maximum atomic E-state index is 13.1. The Bertz CT molecular complexity index is 777. The summed E-state index contributed by atoms with van der Waals surface area (Å²) in [5.74, 6) is 1.24. The minimum Gasteiger partial charge on any atom is -0.493 e.